The van der Waals surface area contributed by atoms with Crippen molar-refractivity contribution in [3.63, 3.8) is 0 Å². The molecule has 26 heavy (non-hydrogen) atoms. The Morgan fingerprint density at radius 2 is 1.85 bits per heavy atom. The Morgan fingerprint density at radius 3 is 2.46 bits per heavy atom. The van der Waals surface area contributed by atoms with E-state index in [1.807, 2.05) is 12.1 Å². The van der Waals surface area contributed by atoms with E-state index in [-0.39, 0.29) is 11.0 Å². The number of nitrogens with two attached hydrogens (primary N) is 1. The summed E-state index contributed by atoms with van der Waals surface area (Å²) in [7, 11) is -3.73. The van der Waals surface area contributed by atoms with Crippen molar-refractivity contribution in [2.24, 2.45) is 5.14 Å². The number of nitrogens with one attached hydrogen (secondary N) is 1. The second-order valence-electron chi connectivity index (χ2n) is 6.55. The molecule has 2 heterocycles. The van der Waals surface area contributed by atoms with Gasteiger partial charge < -0.3 is 10.4 Å². The molecule has 0 spiro atoms. The fourth-order valence-electron chi connectivity index (χ4n) is 3.04. The number of aromatic nitrogens is 1. The van der Waals surface area contributed by atoms with Crippen molar-refractivity contribution < 1.29 is 13.5 Å². The minimum atomic E-state index is -3.73. The molecule has 1 aliphatic heterocycles. The van der Waals surface area contributed by atoms with Gasteiger partial charge in [0.05, 0.1) is 6.10 Å². The first kappa shape index (κ1) is 18.8. The molecule has 1 aromatic heterocycles. The van der Waals surface area contributed by atoms with Crippen LogP contribution in [-0.2, 0) is 23.1 Å². The van der Waals surface area contributed by atoms with Gasteiger partial charge in [0.15, 0.2) is 0 Å². The predicted octanol–water partition coefficient (Wildman–Crippen LogP) is 1.30. The lowest BCUT2D eigenvalue weighted by Crippen LogP contribution is -2.35. The molecule has 140 valence electrons. The van der Waals surface area contributed by atoms with E-state index in [2.05, 4.69) is 27.3 Å². The third-order valence-corrected chi connectivity index (χ3v) is 5.49. The molecule has 1 fully saturated rings. The molecule has 2 aromatic rings. The molecule has 0 amide bonds. The number of sulfonamides is 1. The summed E-state index contributed by atoms with van der Waals surface area (Å²) >= 11 is 0. The molecule has 1 aromatic carbocycles. The van der Waals surface area contributed by atoms with Crippen molar-refractivity contribution in [3.8, 4) is 0 Å². The summed E-state index contributed by atoms with van der Waals surface area (Å²) in [4.78, 5) is 6.45. The van der Waals surface area contributed by atoms with Gasteiger partial charge in [-0.1, -0.05) is 24.3 Å². The molecular formula is C18H24N4O3S. The van der Waals surface area contributed by atoms with Gasteiger partial charge in [0.25, 0.3) is 0 Å². The molecule has 0 radical (unpaired) electrons. The van der Waals surface area contributed by atoms with Crippen LogP contribution in [0.2, 0.25) is 0 Å². The maximum absolute atomic E-state index is 11.3. The first-order chi connectivity index (χ1) is 12.4. The number of benzene rings is 1. The SMILES string of the molecule is NS(=O)(=O)c1ccc(NCc2ccccc2CN2CCC(O)CC2)nc1. The number of nitrogens with zero attached hydrogens (tertiary/aromatic N) is 2. The van der Waals surface area contributed by atoms with E-state index in [0.717, 1.165) is 38.0 Å². The lowest BCUT2D eigenvalue weighted by molar-refractivity contribution is 0.0791. The third-order valence-electron chi connectivity index (χ3n) is 4.59. The number of hydrogen-bond donors (Lipinski definition) is 3. The monoisotopic (exact) mass is 376 g/mol. The quantitative estimate of drug-likeness (QED) is 0.701. The van der Waals surface area contributed by atoms with Crippen LogP contribution in [0.3, 0.4) is 0 Å². The molecule has 8 heteroatoms. The van der Waals surface area contributed by atoms with Crippen molar-refractivity contribution in [3.05, 3.63) is 53.7 Å². The largest absolute Gasteiger partial charge is 0.393 e. The molecule has 0 saturated carbocycles. The number of hydrogen-bond acceptors (Lipinski definition) is 6. The van der Waals surface area contributed by atoms with E-state index >= 15 is 0 Å². The summed E-state index contributed by atoms with van der Waals surface area (Å²) in [5.74, 6) is 0.591. The Balaban J connectivity index is 1.63. The van der Waals surface area contributed by atoms with Crippen molar-refractivity contribution in [1.29, 1.82) is 0 Å². The molecular weight excluding hydrogens is 352 g/mol. The van der Waals surface area contributed by atoms with Gasteiger partial charge in [-0.3, -0.25) is 4.90 Å². The molecule has 1 saturated heterocycles. The van der Waals surface area contributed by atoms with Gasteiger partial charge in [0.2, 0.25) is 10.0 Å². The minimum absolute atomic E-state index is 0.00395. The van der Waals surface area contributed by atoms with Crippen molar-refractivity contribution >= 4 is 15.8 Å². The van der Waals surface area contributed by atoms with E-state index in [9.17, 15) is 13.5 Å². The Labute approximate surface area is 153 Å². The summed E-state index contributed by atoms with van der Waals surface area (Å²) < 4.78 is 22.5. The van der Waals surface area contributed by atoms with Crippen LogP contribution in [0.1, 0.15) is 24.0 Å². The molecule has 7 nitrogen and oxygen atoms in total. The number of aliphatic hydroxyl groups is 1. The van der Waals surface area contributed by atoms with Crippen LogP contribution in [0, 0.1) is 0 Å². The van der Waals surface area contributed by atoms with E-state index in [1.54, 1.807) is 6.07 Å². The zero-order chi connectivity index (χ0) is 18.6. The van der Waals surface area contributed by atoms with Crippen molar-refractivity contribution in [1.82, 2.24) is 9.88 Å². The topological polar surface area (TPSA) is 109 Å². The van der Waals surface area contributed by atoms with E-state index in [4.69, 9.17) is 5.14 Å². The van der Waals surface area contributed by atoms with Crippen LogP contribution in [-0.4, -0.2) is 42.6 Å². The van der Waals surface area contributed by atoms with Crippen LogP contribution in [0.25, 0.3) is 0 Å². The van der Waals surface area contributed by atoms with Crippen LogP contribution >= 0.6 is 0 Å². The maximum Gasteiger partial charge on any atom is 0.239 e. The highest BCUT2D eigenvalue weighted by Gasteiger charge is 2.17. The summed E-state index contributed by atoms with van der Waals surface area (Å²) in [5.41, 5.74) is 2.40. The highest BCUT2D eigenvalue weighted by Crippen LogP contribution is 2.18. The van der Waals surface area contributed by atoms with Crippen LogP contribution < -0.4 is 10.5 Å². The molecule has 3 rings (SSSR count). The predicted molar refractivity (Wildman–Crippen MR) is 99.9 cm³/mol. The molecule has 0 aliphatic carbocycles. The van der Waals surface area contributed by atoms with Gasteiger partial charge in [0.1, 0.15) is 10.7 Å². The summed E-state index contributed by atoms with van der Waals surface area (Å²) in [5, 5.41) is 17.9. The van der Waals surface area contributed by atoms with Gasteiger partial charge >= 0.3 is 0 Å². The van der Waals surface area contributed by atoms with E-state index in [0.29, 0.717) is 12.4 Å². The minimum Gasteiger partial charge on any atom is -0.393 e. The van der Waals surface area contributed by atoms with Gasteiger partial charge in [-0.25, -0.2) is 18.5 Å². The normalized spacial score (nSPS) is 16.5. The van der Waals surface area contributed by atoms with E-state index < -0.39 is 10.0 Å². The first-order valence-corrected chi connectivity index (χ1v) is 10.2. The molecule has 0 bridgehead atoms. The zero-order valence-corrected chi connectivity index (χ0v) is 15.3. The number of anilines is 1. The summed E-state index contributed by atoms with van der Waals surface area (Å²) in [6.45, 7) is 3.25. The Hall–Kier alpha value is -2.00. The second-order valence-corrected chi connectivity index (χ2v) is 8.12. The zero-order valence-electron chi connectivity index (χ0n) is 14.5. The summed E-state index contributed by atoms with van der Waals surface area (Å²) in [6.07, 6.45) is 2.72. The third kappa shape index (κ3) is 5.01. The standard InChI is InChI=1S/C18H24N4O3S/c19-26(24,25)17-5-6-18(21-12-17)20-11-14-3-1-2-4-15(14)13-22-9-7-16(23)8-10-22/h1-6,12,16,23H,7-11,13H2,(H,20,21)(H2,19,24,25). The van der Waals surface area contributed by atoms with E-state index in [1.165, 1.54) is 17.8 Å². The molecule has 0 unspecified atom stereocenters. The van der Waals surface area contributed by atoms with Crippen molar-refractivity contribution in [2.45, 2.75) is 36.9 Å². The van der Waals surface area contributed by atoms with Crippen LogP contribution in [0.5, 0.6) is 0 Å². The maximum atomic E-state index is 11.3. The first-order valence-electron chi connectivity index (χ1n) is 8.62. The Morgan fingerprint density at radius 1 is 1.15 bits per heavy atom. The van der Waals surface area contributed by atoms with Crippen molar-refractivity contribution in [2.75, 3.05) is 18.4 Å². The second kappa shape index (κ2) is 8.13. The molecule has 0 atom stereocenters. The highest BCUT2D eigenvalue weighted by molar-refractivity contribution is 7.89. The van der Waals surface area contributed by atoms with Gasteiger partial charge in [-0.05, 0) is 36.1 Å². The van der Waals surface area contributed by atoms with Gasteiger partial charge in [-0.15, -0.1) is 0 Å². The number of likely N-dealkylation sites (tertiary alicyclic amines) is 1. The smallest absolute Gasteiger partial charge is 0.239 e. The number of pyridine rings is 1. The highest BCUT2D eigenvalue weighted by atomic mass is 32.2. The van der Waals surface area contributed by atoms with Crippen LogP contribution in [0.15, 0.2) is 47.5 Å². The average molecular weight is 376 g/mol. The molecule has 4 N–H and O–H groups in total. The summed E-state index contributed by atoms with van der Waals surface area (Å²) in [6, 6.07) is 11.2. The molecule has 1 aliphatic rings. The average Bonchev–Trinajstić information content (AvgIpc) is 2.62. The number of primary sulfonamides is 1. The van der Waals surface area contributed by atoms with Crippen LogP contribution in [0.4, 0.5) is 5.82 Å². The fourth-order valence-corrected chi connectivity index (χ4v) is 3.50. The van der Waals surface area contributed by atoms with Gasteiger partial charge in [0, 0.05) is 32.4 Å². The number of aliphatic hydroxyl groups excluding tert-OH is 1. The Kier molecular flexibility index (Phi) is 5.87. The van der Waals surface area contributed by atoms with Gasteiger partial charge in [-0.2, -0.15) is 0 Å². The lowest BCUT2D eigenvalue weighted by Gasteiger charge is -2.30. The Bertz CT molecular complexity index is 832. The lowest BCUT2D eigenvalue weighted by atomic mass is 10.0. The number of piperidine rings is 1. The number of rotatable bonds is 6. The fraction of sp³-hybridized carbons (Fsp3) is 0.389.